The molecule has 26 heavy (non-hydrogen) atoms. The third-order valence-corrected chi connectivity index (χ3v) is 5.62. The molecule has 0 bridgehead atoms. The summed E-state index contributed by atoms with van der Waals surface area (Å²) in [5.74, 6) is 0.573. The van der Waals surface area contributed by atoms with Gasteiger partial charge in [0.15, 0.2) is 0 Å². The molecule has 2 rings (SSSR count). The van der Waals surface area contributed by atoms with E-state index in [-0.39, 0.29) is 5.91 Å². The number of amides is 1. The first-order valence-corrected chi connectivity index (χ1v) is 9.76. The zero-order valence-electron chi connectivity index (χ0n) is 16.1. The molecule has 0 spiro atoms. The van der Waals surface area contributed by atoms with Gasteiger partial charge < -0.3 is 5.32 Å². The van der Waals surface area contributed by atoms with E-state index in [1.807, 2.05) is 45.9 Å². The summed E-state index contributed by atoms with van der Waals surface area (Å²) in [6, 6.07) is 8.30. The molecule has 0 saturated heterocycles. The number of rotatable bonds is 6. The summed E-state index contributed by atoms with van der Waals surface area (Å²) in [5, 5.41) is 13.2. The number of pyridine rings is 1. The molecule has 1 aromatic heterocycles. The van der Waals surface area contributed by atoms with Gasteiger partial charge in [-0.3, -0.25) is 4.79 Å². The van der Waals surface area contributed by atoms with Gasteiger partial charge in [0.1, 0.15) is 11.1 Å². The largest absolute Gasteiger partial charge is 0.326 e. The molecule has 0 radical (unpaired) electrons. The zero-order valence-corrected chi connectivity index (χ0v) is 16.9. The summed E-state index contributed by atoms with van der Waals surface area (Å²) in [7, 11) is 0. The fourth-order valence-electron chi connectivity index (χ4n) is 2.79. The number of nitrogens with zero attached hydrogens (tertiary/aromatic N) is 2. The minimum atomic E-state index is -0.0134. The standard InChI is InChI=1S/C21H25N3OS/c1-6-17-9-7-8-13(2)20(17)24-19(25)10-11-26-21-18(12-22)15(4)14(3)16(5)23-21/h7-9H,6,10-11H2,1-5H3,(H,24,25). The minimum Gasteiger partial charge on any atom is -0.326 e. The van der Waals surface area contributed by atoms with Crippen LogP contribution in [0.5, 0.6) is 0 Å². The molecule has 4 nitrogen and oxygen atoms in total. The molecule has 0 aliphatic rings. The number of carbonyl (C=O) groups is 1. The van der Waals surface area contributed by atoms with E-state index in [2.05, 4.69) is 23.3 Å². The highest BCUT2D eigenvalue weighted by Crippen LogP contribution is 2.27. The second-order valence-electron chi connectivity index (χ2n) is 6.35. The van der Waals surface area contributed by atoms with Crippen LogP contribution in [-0.4, -0.2) is 16.6 Å². The lowest BCUT2D eigenvalue weighted by molar-refractivity contribution is -0.115. The number of aromatic nitrogens is 1. The maximum atomic E-state index is 12.4. The summed E-state index contributed by atoms with van der Waals surface area (Å²) in [4.78, 5) is 16.9. The van der Waals surface area contributed by atoms with Crippen molar-refractivity contribution in [1.82, 2.24) is 4.98 Å². The molecule has 136 valence electrons. The zero-order chi connectivity index (χ0) is 19.3. The SMILES string of the molecule is CCc1cccc(C)c1NC(=O)CCSc1nc(C)c(C)c(C)c1C#N. The normalized spacial score (nSPS) is 10.5. The smallest absolute Gasteiger partial charge is 0.225 e. The summed E-state index contributed by atoms with van der Waals surface area (Å²) in [5.41, 5.74) is 6.71. The topological polar surface area (TPSA) is 65.8 Å². The van der Waals surface area contributed by atoms with Crippen LogP contribution in [0.15, 0.2) is 23.2 Å². The van der Waals surface area contributed by atoms with Crippen LogP contribution in [0.2, 0.25) is 0 Å². The van der Waals surface area contributed by atoms with E-state index in [1.165, 1.54) is 11.8 Å². The molecule has 0 aliphatic heterocycles. The van der Waals surface area contributed by atoms with Crippen molar-refractivity contribution in [3.63, 3.8) is 0 Å². The molecule has 1 heterocycles. The van der Waals surface area contributed by atoms with Crippen LogP contribution in [0, 0.1) is 39.0 Å². The van der Waals surface area contributed by atoms with Crippen LogP contribution in [-0.2, 0) is 11.2 Å². The maximum Gasteiger partial charge on any atom is 0.225 e. The van der Waals surface area contributed by atoms with E-state index >= 15 is 0 Å². The average molecular weight is 368 g/mol. The number of nitrogens with one attached hydrogen (secondary N) is 1. The number of aryl methyl sites for hydroxylation is 3. The predicted molar refractivity (Wildman–Crippen MR) is 108 cm³/mol. The average Bonchev–Trinajstić information content (AvgIpc) is 2.61. The summed E-state index contributed by atoms with van der Waals surface area (Å²) in [6.45, 7) is 9.96. The Morgan fingerprint density at radius 3 is 2.62 bits per heavy atom. The Hall–Kier alpha value is -2.32. The van der Waals surface area contributed by atoms with E-state index < -0.39 is 0 Å². The molecule has 5 heteroatoms. The predicted octanol–water partition coefficient (Wildman–Crippen LogP) is 4.87. The van der Waals surface area contributed by atoms with E-state index in [4.69, 9.17) is 0 Å². The first-order chi connectivity index (χ1) is 12.4. The number of hydrogen-bond donors (Lipinski definition) is 1. The molecule has 2 aromatic rings. The van der Waals surface area contributed by atoms with Crippen LogP contribution < -0.4 is 5.32 Å². The Kier molecular flexibility index (Phi) is 6.82. The van der Waals surface area contributed by atoms with Crippen LogP contribution >= 0.6 is 11.8 Å². The quantitative estimate of drug-likeness (QED) is 0.740. The van der Waals surface area contributed by atoms with E-state index in [1.54, 1.807) is 0 Å². The Balaban J connectivity index is 2.03. The minimum absolute atomic E-state index is 0.0134. The van der Waals surface area contributed by atoms with Gasteiger partial charge in [-0.05, 0) is 56.4 Å². The highest BCUT2D eigenvalue weighted by molar-refractivity contribution is 7.99. The van der Waals surface area contributed by atoms with Gasteiger partial charge >= 0.3 is 0 Å². The molecule has 0 fully saturated rings. The van der Waals surface area contributed by atoms with Gasteiger partial charge in [0, 0.05) is 23.6 Å². The van der Waals surface area contributed by atoms with Crippen molar-refractivity contribution in [2.75, 3.05) is 11.1 Å². The number of thioether (sulfide) groups is 1. The van der Waals surface area contributed by atoms with Crippen LogP contribution in [0.4, 0.5) is 5.69 Å². The Bertz CT molecular complexity index is 869. The Morgan fingerprint density at radius 1 is 1.23 bits per heavy atom. The van der Waals surface area contributed by atoms with Crippen molar-refractivity contribution in [2.24, 2.45) is 0 Å². The third-order valence-electron chi connectivity index (χ3n) is 4.65. The van der Waals surface area contributed by atoms with Crippen molar-refractivity contribution < 1.29 is 4.79 Å². The van der Waals surface area contributed by atoms with Crippen molar-refractivity contribution >= 4 is 23.4 Å². The number of anilines is 1. The summed E-state index contributed by atoms with van der Waals surface area (Å²) < 4.78 is 0. The second kappa shape index (κ2) is 8.86. The molecule has 0 atom stereocenters. The highest BCUT2D eigenvalue weighted by atomic mass is 32.2. The molecular formula is C21H25N3OS. The number of para-hydroxylation sites is 1. The molecule has 1 N–H and O–H groups in total. The van der Waals surface area contributed by atoms with Gasteiger partial charge in [0.05, 0.1) is 5.56 Å². The van der Waals surface area contributed by atoms with Gasteiger partial charge in [0.25, 0.3) is 0 Å². The summed E-state index contributed by atoms with van der Waals surface area (Å²) in [6.07, 6.45) is 1.25. The molecule has 1 amide bonds. The number of nitriles is 1. The van der Waals surface area contributed by atoms with Gasteiger partial charge in [0.2, 0.25) is 5.91 Å². The van der Waals surface area contributed by atoms with Crippen LogP contribution in [0.3, 0.4) is 0 Å². The van der Waals surface area contributed by atoms with Crippen LogP contribution in [0.1, 0.15) is 46.9 Å². The first-order valence-electron chi connectivity index (χ1n) is 8.78. The van der Waals surface area contributed by atoms with Gasteiger partial charge in [-0.1, -0.05) is 25.1 Å². The molecular weight excluding hydrogens is 342 g/mol. The van der Waals surface area contributed by atoms with Crippen molar-refractivity contribution in [2.45, 2.75) is 52.5 Å². The van der Waals surface area contributed by atoms with Gasteiger partial charge in [-0.2, -0.15) is 5.26 Å². The Morgan fingerprint density at radius 2 is 1.96 bits per heavy atom. The van der Waals surface area contributed by atoms with Crippen molar-refractivity contribution in [1.29, 1.82) is 5.26 Å². The lowest BCUT2D eigenvalue weighted by Crippen LogP contribution is -2.14. The fourth-order valence-corrected chi connectivity index (χ4v) is 3.82. The van der Waals surface area contributed by atoms with Gasteiger partial charge in [-0.25, -0.2) is 4.98 Å². The lowest BCUT2D eigenvalue weighted by Gasteiger charge is -2.13. The van der Waals surface area contributed by atoms with E-state index in [0.29, 0.717) is 22.8 Å². The monoisotopic (exact) mass is 367 g/mol. The highest BCUT2D eigenvalue weighted by Gasteiger charge is 2.14. The molecule has 0 aliphatic carbocycles. The number of hydrogen-bond acceptors (Lipinski definition) is 4. The fraction of sp³-hybridized carbons (Fsp3) is 0.381. The summed E-state index contributed by atoms with van der Waals surface area (Å²) >= 11 is 1.47. The third kappa shape index (κ3) is 4.44. The first kappa shape index (κ1) is 20.0. The van der Waals surface area contributed by atoms with Gasteiger partial charge in [-0.15, -0.1) is 11.8 Å². The Labute approximate surface area is 160 Å². The molecule has 0 saturated carbocycles. The lowest BCUT2D eigenvalue weighted by atomic mass is 10.1. The van der Waals surface area contributed by atoms with Crippen molar-refractivity contribution in [3.05, 3.63) is 51.7 Å². The number of benzene rings is 1. The molecule has 0 unspecified atom stereocenters. The molecule has 1 aromatic carbocycles. The maximum absolute atomic E-state index is 12.4. The van der Waals surface area contributed by atoms with Crippen LogP contribution in [0.25, 0.3) is 0 Å². The van der Waals surface area contributed by atoms with Crippen molar-refractivity contribution in [3.8, 4) is 6.07 Å². The second-order valence-corrected chi connectivity index (χ2v) is 7.43. The van der Waals surface area contributed by atoms with E-state index in [9.17, 15) is 10.1 Å². The van der Waals surface area contributed by atoms with E-state index in [0.717, 1.165) is 40.1 Å². The number of carbonyl (C=O) groups excluding carboxylic acids is 1.